The molecule has 0 atom stereocenters. The van der Waals surface area contributed by atoms with Gasteiger partial charge in [0.2, 0.25) is 5.91 Å². The first-order chi connectivity index (χ1) is 12.5. The molecule has 2 aromatic rings. The molecule has 0 fully saturated rings. The predicted octanol–water partition coefficient (Wildman–Crippen LogP) is 3.48. The van der Waals surface area contributed by atoms with E-state index in [1.807, 2.05) is 44.2 Å². The second kappa shape index (κ2) is 9.82. The minimum absolute atomic E-state index is 0.0219. The van der Waals surface area contributed by atoms with Crippen LogP contribution in [-0.4, -0.2) is 33.2 Å². The average molecular weight is 356 g/mol. The normalized spacial score (nSPS) is 10.5. The summed E-state index contributed by atoms with van der Waals surface area (Å²) in [4.78, 5) is 12.0. The van der Waals surface area contributed by atoms with Crippen molar-refractivity contribution in [1.82, 2.24) is 5.32 Å². The number of anilines is 1. The van der Waals surface area contributed by atoms with Crippen molar-refractivity contribution in [3.63, 3.8) is 0 Å². The van der Waals surface area contributed by atoms with Gasteiger partial charge in [0.25, 0.3) is 0 Å². The van der Waals surface area contributed by atoms with Crippen molar-refractivity contribution in [2.75, 3.05) is 32.6 Å². The number of rotatable bonds is 9. The van der Waals surface area contributed by atoms with Crippen molar-refractivity contribution in [2.45, 2.75) is 26.7 Å². The molecule has 0 unspecified atom stereocenters. The third-order valence-electron chi connectivity index (χ3n) is 4.07. The van der Waals surface area contributed by atoms with Gasteiger partial charge in [-0.05, 0) is 67.8 Å². The van der Waals surface area contributed by atoms with Gasteiger partial charge >= 0.3 is 0 Å². The van der Waals surface area contributed by atoms with E-state index in [0.717, 1.165) is 46.8 Å². The van der Waals surface area contributed by atoms with Crippen LogP contribution in [0.15, 0.2) is 36.4 Å². The first-order valence-electron chi connectivity index (χ1n) is 8.81. The van der Waals surface area contributed by atoms with E-state index in [4.69, 9.17) is 9.47 Å². The number of methoxy groups -OCH3 is 2. The van der Waals surface area contributed by atoms with Gasteiger partial charge in [-0.2, -0.15) is 0 Å². The van der Waals surface area contributed by atoms with E-state index in [9.17, 15) is 4.79 Å². The van der Waals surface area contributed by atoms with Gasteiger partial charge in [-0.1, -0.05) is 12.1 Å². The third kappa shape index (κ3) is 6.08. The lowest BCUT2D eigenvalue weighted by molar-refractivity contribution is -0.116. The third-order valence-corrected chi connectivity index (χ3v) is 4.07. The van der Waals surface area contributed by atoms with Gasteiger partial charge in [0.15, 0.2) is 11.5 Å². The number of benzene rings is 2. The fourth-order valence-electron chi connectivity index (χ4n) is 2.87. The van der Waals surface area contributed by atoms with Crippen molar-refractivity contribution in [2.24, 2.45) is 0 Å². The van der Waals surface area contributed by atoms with Crippen molar-refractivity contribution in [1.29, 1.82) is 0 Å². The maximum absolute atomic E-state index is 12.0. The van der Waals surface area contributed by atoms with Crippen molar-refractivity contribution < 1.29 is 14.3 Å². The molecule has 0 saturated carbocycles. The van der Waals surface area contributed by atoms with E-state index in [1.54, 1.807) is 14.2 Å². The number of nitrogens with one attached hydrogen (secondary N) is 2. The molecule has 0 spiro atoms. The summed E-state index contributed by atoms with van der Waals surface area (Å²) in [5.74, 6) is 1.48. The first kappa shape index (κ1) is 19.8. The molecule has 0 aliphatic rings. The summed E-state index contributed by atoms with van der Waals surface area (Å²) in [5, 5.41) is 6.26. The van der Waals surface area contributed by atoms with Crippen molar-refractivity contribution >= 4 is 11.6 Å². The van der Waals surface area contributed by atoms with Crippen LogP contribution in [0.4, 0.5) is 5.69 Å². The van der Waals surface area contributed by atoms with Crippen LogP contribution in [0.2, 0.25) is 0 Å². The summed E-state index contributed by atoms with van der Waals surface area (Å²) in [6.45, 7) is 5.49. The minimum atomic E-state index is 0.0219. The maximum atomic E-state index is 12.0. The second-order valence-electron chi connectivity index (χ2n) is 6.36. The van der Waals surface area contributed by atoms with Crippen molar-refractivity contribution in [3.8, 4) is 11.5 Å². The number of carbonyl (C=O) groups excluding carboxylic acids is 1. The molecule has 0 aromatic heterocycles. The van der Waals surface area contributed by atoms with E-state index < -0.39 is 0 Å². The topological polar surface area (TPSA) is 59.6 Å². The predicted molar refractivity (Wildman–Crippen MR) is 105 cm³/mol. The fraction of sp³-hybridized carbons (Fsp3) is 0.381. The molecular weight excluding hydrogens is 328 g/mol. The zero-order valence-electron chi connectivity index (χ0n) is 16.0. The molecule has 2 rings (SSSR count). The highest BCUT2D eigenvalue weighted by atomic mass is 16.5. The molecule has 1 amide bonds. The van der Waals surface area contributed by atoms with E-state index in [0.29, 0.717) is 13.0 Å². The number of amides is 1. The van der Waals surface area contributed by atoms with Crippen LogP contribution in [0, 0.1) is 13.8 Å². The highest BCUT2D eigenvalue weighted by molar-refractivity contribution is 5.91. The average Bonchev–Trinajstić information content (AvgIpc) is 2.60. The largest absolute Gasteiger partial charge is 0.493 e. The van der Waals surface area contributed by atoms with Crippen LogP contribution in [0.5, 0.6) is 11.5 Å². The zero-order chi connectivity index (χ0) is 18.9. The standard InChI is InChI=1S/C21H28N2O3/c1-15-11-16(2)13-18(12-15)23-21(24)8-10-22-9-7-17-5-6-19(25-3)20(14-17)26-4/h5-6,11-14,22H,7-10H2,1-4H3,(H,23,24). The van der Waals surface area contributed by atoms with Gasteiger partial charge in [-0.25, -0.2) is 0 Å². The number of hydrogen-bond acceptors (Lipinski definition) is 4. The Morgan fingerprint density at radius 3 is 2.27 bits per heavy atom. The fourth-order valence-corrected chi connectivity index (χ4v) is 2.87. The molecule has 26 heavy (non-hydrogen) atoms. The van der Waals surface area contributed by atoms with Gasteiger partial charge in [0.05, 0.1) is 14.2 Å². The highest BCUT2D eigenvalue weighted by Gasteiger charge is 2.05. The molecule has 0 bridgehead atoms. The Morgan fingerprint density at radius 2 is 1.62 bits per heavy atom. The lowest BCUT2D eigenvalue weighted by Crippen LogP contribution is -2.23. The number of hydrogen-bond donors (Lipinski definition) is 2. The SMILES string of the molecule is COc1ccc(CCNCCC(=O)Nc2cc(C)cc(C)c2)cc1OC. The van der Waals surface area contributed by atoms with E-state index in [1.165, 1.54) is 0 Å². The van der Waals surface area contributed by atoms with Crippen molar-refractivity contribution in [3.05, 3.63) is 53.1 Å². The van der Waals surface area contributed by atoms with E-state index in [-0.39, 0.29) is 5.91 Å². The Bertz CT molecular complexity index is 724. The number of carbonyl (C=O) groups is 1. The Labute approximate surface area is 155 Å². The highest BCUT2D eigenvalue weighted by Crippen LogP contribution is 2.27. The molecule has 0 radical (unpaired) electrons. The van der Waals surface area contributed by atoms with Crippen LogP contribution in [0.3, 0.4) is 0 Å². The summed E-state index contributed by atoms with van der Waals surface area (Å²) in [5.41, 5.74) is 4.31. The van der Waals surface area contributed by atoms with Crippen LogP contribution in [0.1, 0.15) is 23.1 Å². The molecule has 140 valence electrons. The molecule has 5 heteroatoms. The molecule has 0 saturated heterocycles. The molecule has 0 aliphatic carbocycles. The summed E-state index contributed by atoms with van der Waals surface area (Å²) < 4.78 is 10.5. The number of aryl methyl sites for hydroxylation is 2. The van der Waals surface area contributed by atoms with Gasteiger partial charge in [-0.15, -0.1) is 0 Å². The number of ether oxygens (including phenoxy) is 2. The summed E-state index contributed by atoms with van der Waals surface area (Å²) in [6, 6.07) is 12.0. The molecule has 2 aromatic carbocycles. The zero-order valence-corrected chi connectivity index (χ0v) is 16.0. The smallest absolute Gasteiger partial charge is 0.225 e. The van der Waals surface area contributed by atoms with E-state index >= 15 is 0 Å². The van der Waals surface area contributed by atoms with Crippen LogP contribution in [-0.2, 0) is 11.2 Å². The first-order valence-corrected chi connectivity index (χ1v) is 8.81. The lowest BCUT2D eigenvalue weighted by atomic mass is 10.1. The Balaban J connectivity index is 1.71. The van der Waals surface area contributed by atoms with Gasteiger partial charge < -0.3 is 20.1 Å². The Kier molecular flexibility index (Phi) is 7.48. The van der Waals surface area contributed by atoms with E-state index in [2.05, 4.69) is 16.7 Å². The van der Waals surface area contributed by atoms with Crippen LogP contribution < -0.4 is 20.1 Å². The second-order valence-corrected chi connectivity index (χ2v) is 6.36. The molecule has 5 nitrogen and oxygen atoms in total. The monoisotopic (exact) mass is 356 g/mol. The lowest BCUT2D eigenvalue weighted by Gasteiger charge is -2.10. The van der Waals surface area contributed by atoms with Crippen LogP contribution in [0.25, 0.3) is 0 Å². The maximum Gasteiger partial charge on any atom is 0.225 e. The van der Waals surface area contributed by atoms with Gasteiger partial charge in [-0.3, -0.25) is 4.79 Å². The molecular formula is C21H28N2O3. The quantitative estimate of drug-likeness (QED) is 0.676. The molecule has 0 heterocycles. The van der Waals surface area contributed by atoms with Gasteiger partial charge in [0.1, 0.15) is 0 Å². The minimum Gasteiger partial charge on any atom is -0.493 e. The summed E-state index contributed by atoms with van der Waals surface area (Å²) in [6.07, 6.45) is 1.30. The van der Waals surface area contributed by atoms with Crippen LogP contribution >= 0.6 is 0 Å². The van der Waals surface area contributed by atoms with Gasteiger partial charge in [0, 0.05) is 18.7 Å². The summed E-state index contributed by atoms with van der Waals surface area (Å²) in [7, 11) is 3.26. The molecule has 0 aliphatic heterocycles. The summed E-state index contributed by atoms with van der Waals surface area (Å²) >= 11 is 0. The Hall–Kier alpha value is -2.53. The Morgan fingerprint density at radius 1 is 0.923 bits per heavy atom. The molecule has 2 N–H and O–H groups in total.